The number of ether oxygens (including phenoxy) is 1. The molecule has 6 nitrogen and oxygen atoms in total. The van der Waals surface area contributed by atoms with Gasteiger partial charge in [0.05, 0.1) is 19.0 Å². The van der Waals surface area contributed by atoms with Crippen LogP contribution in [0.4, 0.5) is 0 Å². The average Bonchev–Trinajstić information content (AvgIpc) is 2.64. The van der Waals surface area contributed by atoms with Crippen molar-refractivity contribution in [2.24, 2.45) is 12.8 Å². The summed E-state index contributed by atoms with van der Waals surface area (Å²) in [5.74, 6) is -0.799. The van der Waals surface area contributed by atoms with Gasteiger partial charge in [0.1, 0.15) is 0 Å². The van der Waals surface area contributed by atoms with Gasteiger partial charge in [-0.25, -0.2) is 4.79 Å². The number of nitrogens with zero attached hydrogens (tertiary/aromatic N) is 1. The van der Waals surface area contributed by atoms with Crippen molar-refractivity contribution in [3.8, 4) is 0 Å². The number of fused-ring (bicyclic) bond motifs is 1. The molecule has 0 aliphatic rings. The van der Waals surface area contributed by atoms with E-state index in [-0.39, 0.29) is 12.4 Å². The van der Waals surface area contributed by atoms with Crippen LogP contribution in [-0.2, 0) is 16.6 Å². The predicted octanol–water partition coefficient (Wildman–Crippen LogP) is 0.694. The minimum atomic E-state index is -0.466. The molecule has 0 bridgehead atoms. The lowest BCUT2D eigenvalue weighted by molar-refractivity contribution is -0.141. The third kappa shape index (κ3) is 2.14. The van der Waals surface area contributed by atoms with Gasteiger partial charge in [0, 0.05) is 13.1 Å². The summed E-state index contributed by atoms with van der Waals surface area (Å²) in [6.07, 6.45) is 0.0911. The molecule has 18 heavy (non-hydrogen) atoms. The highest BCUT2D eigenvalue weighted by Gasteiger charge is 2.14. The Morgan fingerprint density at radius 1 is 1.56 bits per heavy atom. The molecule has 0 saturated carbocycles. The minimum Gasteiger partial charge on any atom is -0.469 e. The molecule has 0 aliphatic carbocycles. The van der Waals surface area contributed by atoms with Crippen molar-refractivity contribution in [1.29, 1.82) is 0 Å². The molecule has 0 amide bonds. The standard InChI is InChI=1S/C12H14N2O4/c1-14-9-5-7(8(13)6-11(15)17-2)3-4-10(9)18-12(14)16/h3-5,8H,6,13H2,1-2H3. The molecule has 6 heteroatoms. The monoisotopic (exact) mass is 250 g/mol. The molecule has 1 heterocycles. The number of aryl methyl sites for hydroxylation is 1. The summed E-state index contributed by atoms with van der Waals surface area (Å²) >= 11 is 0. The number of oxazole rings is 1. The second-order valence-corrected chi connectivity index (χ2v) is 4.04. The second-order valence-electron chi connectivity index (χ2n) is 4.04. The molecule has 2 N–H and O–H groups in total. The number of methoxy groups -OCH3 is 1. The van der Waals surface area contributed by atoms with E-state index in [0.717, 1.165) is 5.56 Å². The Morgan fingerprint density at radius 3 is 2.94 bits per heavy atom. The molecule has 1 aromatic carbocycles. The number of hydrogen-bond acceptors (Lipinski definition) is 5. The maximum Gasteiger partial charge on any atom is 0.419 e. The molecule has 1 aromatic heterocycles. The number of carbonyl (C=O) groups excluding carboxylic acids is 1. The Hall–Kier alpha value is -2.08. The first-order chi connectivity index (χ1) is 8.52. The number of esters is 1. The van der Waals surface area contributed by atoms with Gasteiger partial charge in [0.25, 0.3) is 0 Å². The molecule has 0 spiro atoms. The van der Waals surface area contributed by atoms with Crippen molar-refractivity contribution >= 4 is 17.1 Å². The number of aromatic nitrogens is 1. The van der Waals surface area contributed by atoms with Gasteiger partial charge < -0.3 is 14.9 Å². The fraction of sp³-hybridized carbons (Fsp3) is 0.333. The van der Waals surface area contributed by atoms with Crippen LogP contribution in [0.5, 0.6) is 0 Å². The zero-order chi connectivity index (χ0) is 13.3. The van der Waals surface area contributed by atoms with Gasteiger partial charge in [-0.2, -0.15) is 0 Å². The van der Waals surface area contributed by atoms with Crippen LogP contribution in [0.25, 0.3) is 11.1 Å². The fourth-order valence-corrected chi connectivity index (χ4v) is 1.76. The van der Waals surface area contributed by atoms with E-state index >= 15 is 0 Å². The van der Waals surface area contributed by atoms with E-state index < -0.39 is 11.8 Å². The van der Waals surface area contributed by atoms with Crippen LogP contribution >= 0.6 is 0 Å². The number of nitrogens with two attached hydrogens (primary N) is 1. The van der Waals surface area contributed by atoms with Crippen molar-refractivity contribution in [3.63, 3.8) is 0 Å². The maximum atomic E-state index is 11.3. The van der Waals surface area contributed by atoms with Crippen molar-refractivity contribution in [2.75, 3.05) is 7.11 Å². The topological polar surface area (TPSA) is 87.5 Å². The van der Waals surface area contributed by atoms with Crippen LogP contribution < -0.4 is 11.5 Å². The summed E-state index contributed by atoms with van der Waals surface area (Å²) in [4.78, 5) is 22.5. The number of hydrogen-bond donors (Lipinski definition) is 1. The van der Waals surface area contributed by atoms with E-state index in [1.807, 2.05) is 0 Å². The smallest absolute Gasteiger partial charge is 0.419 e. The molecule has 1 unspecified atom stereocenters. The van der Waals surface area contributed by atoms with Gasteiger partial charge in [-0.3, -0.25) is 9.36 Å². The third-order valence-electron chi connectivity index (χ3n) is 2.86. The number of rotatable bonds is 3. The molecular weight excluding hydrogens is 236 g/mol. The van der Waals surface area contributed by atoms with Crippen LogP contribution in [0.1, 0.15) is 18.0 Å². The first kappa shape index (κ1) is 12.4. The second kappa shape index (κ2) is 4.66. The van der Waals surface area contributed by atoms with E-state index in [2.05, 4.69) is 4.74 Å². The molecule has 0 saturated heterocycles. The van der Waals surface area contributed by atoms with Crippen LogP contribution in [0.15, 0.2) is 27.4 Å². The van der Waals surface area contributed by atoms with Crippen LogP contribution in [0.3, 0.4) is 0 Å². The Bertz CT molecular complexity index is 641. The molecule has 2 rings (SSSR count). The zero-order valence-corrected chi connectivity index (χ0v) is 10.2. The SMILES string of the molecule is COC(=O)CC(N)c1ccc2oc(=O)n(C)c2c1. The predicted molar refractivity (Wildman–Crippen MR) is 65.0 cm³/mol. The Kier molecular flexibility index (Phi) is 3.20. The Balaban J connectivity index is 2.37. The van der Waals surface area contributed by atoms with Gasteiger partial charge in [-0.1, -0.05) is 6.07 Å². The third-order valence-corrected chi connectivity index (χ3v) is 2.86. The average molecular weight is 250 g/mol. The molecule has 0 fully saturated rings. The molecule has 96 valence electrons. The fourth-order valence-electron chi connectivity index (χ4n) is 1.76. The van der Waals surface area contributed by atoms with Gasteiger partial charge in [0.2, 0.25) is 0 Å². The lowest BCUT2D eigenvalue weighted by atomic mass is 10.0. The van der Waals surface area contributed by atoms with E-state index in [9.17, 15) is 9.59 Å². The van der Waals surface area contributed by atoms with Crippen LogP contribution in [0, 0.1) is 0 Å². The molecule has 0 radical (unpaired) electrons. The van der Waals surface area contributed by atoms with E-state index in [4.69, 9.17) is 10.2 Å². The highest BCUT2D eigenvalue weighted by molar-refractivity contribution is 5.75. The zero-order valence-electron chi connectivity index (χ0n) is 10.2. The Labute approximate surface area is 103 Å². The lowest BCUT2D eigenvalue weighted by Gasteiger charge is -2.10. The summed E-state index contributed by atoms with van der Waals surface area (Å²) in [6, 6.07) is 4.68. The summed E-state index contributed by atoms with van der Waals surface area (Å²) in [6.45, 7) is 0. The quantitative estimate of drug-likeness (QED) is 0.810. The molecule has 2 aromatic rings. The number of benzene rings is 1. The van der Waals surface area contributed by atoms with Gasteiger partial charge in [-0.15, -0.1) is 0 Å². The summed E-state index contributed by atoms with van der Waals surface area (Å²) in [5.41, 5.74) is 7.80. The van der Waals surface area contributed by atoms with Crippen molar-refractivity contribution in [1.82, 2.24) is 4.57 Å². The van der Waals surface area contributed by atoms with Crippen LogP contribution in [-0.4, -0.2) is 17.6 Å². The normalized spacial score (nSPS) is 12.6. The summed E-state index contributed by atoms with van der Waals surface area (Å²) in [5, 5.41) is 0. The largest absolute Gasteiger partial charge is 0.469 e. The van der Waals surface area contributed by atoms with Gasteiger partial charge in [-0.05, 0) is 17.7 Å². The van der Waals surface area contributed by atoms with Gasteiger partial charge >= 0.3 is 11.7 Å². The minimum absolute atomic E-state index is 0.0911. The highest BCUT2D eigenvalue weighted by atomic mass is 16.5. The van der Waals surface area contributed by atoms with Crippen molar-refractivity contribution < 1.29 is 13.9 Å². The maximum absolute atomic E-state index is 11.3. The molecule has 1 atom stereocenters. The number of carbonyl (C=O) groups is 1. The summed E-state index contributed by atoms with van der Waals surface area (Å²) in [7, 11) is 2.93. The van der Waals surface area contributed by atoms with Crippen molar-refractivity contribution in [3.05, 3.63) is 34.3 Å². The van der Waals surface area contributed by atoms with Crippen molar-refractivity contribution in [2.45, 2.75) is 12.5 Å². The first-order valence-corrected chi connectivity index (χ1v) is 5.45. The van der Waals surface area contributed by atoms with E-state index in [1.165, 1.54) is 11.7 Å². The van der Waals surface area contributed by atoms with Crippen LogP contribution in [0.2, 0.25) is 0 Å². The van der Waals surface area contributed by atoms with Gasteiger partial charge in [0.15, 0.2) is 5.58 Å². The highest BCUT2D eigenvalue weighted by Crippen LogP contribution is 2.20. The lowest BCUT2D eigenvalue weighted by Crippen LogP contribution is -2.16. The Morgan fingerprint density at radius 2 is 2.28 bits per heavy atom. The molecule has 0 aliphatic heterocycles. The first-order valence-electron chi connectivity index (χ1n) is 5.45. The molecular formula is C12H14N2O4. The summed E-state index contributed by atoms with van der Waals surface area (Å²) < 4.78 is 11.0. The van der Waals surface area contributed by atoms with E-state index in [0.29, 0.717) is 11.1 Å². The van der Waals surface area contributed by atoms with E-state index in [1.54, 1.807) is 25.2 Å².